The van der Waals surface area contributed by atoms with Crippen LogP contribution in [-0.2, 0) is 10.3 Å². The molecule has 0 radical (unpaired) electrons. The lowest BCUT2D eigenvalue weighted by Gasteiger charge is -2.23. The maximum atomic E-state index is 11.4. The first kappa shape index (κ1) is 12.3. The van der Waals surface area contributed by atoms with Crippen LogP contribution in [0.25, 0.3) is 0 Å². The Hall–Kier alpha value is -2.75. The van der Waals surface area contributed by atoms with Crippen LogP contribution in [0.4, 0.5) is 0 Å². The number of amides is 1. The van der Waals surface area contributed by atoms with Gasteiger partial charge in [0.05, 0.1) is 0 Å². The van der Waals surface area contributed by atoms with Crippen molar-refractivity contribution >= 4 is 5.91 Å². The lowest BCUT2D eigenvalue weighted by Crippen LogP contribution is -2.21. The normalized spacial score (nSPS) is 15.9. The van der Waals surface area contributed by atoms with E-state index >= 15 is 0 Å². The van der Waals surface area contributed by atoms with Gasteiger partial charge in [-0.15, -0.1) is 5.11 Å². The Kier molecular flexibility index (Phi) is 2.91. The van der Waals surface area contributed by atoms with E-state index in [4.69, 9.17) is 5.73 Å². The first-order valence-electron chi connectivity index (χ1n) is 6.29. The average molecular weight is 263 g/mol. The van der Waals surface area contributed by atoms with Crippen molar-refractivity contribution in [2.45, 2.75) is 5.54 Å². The summed E-state index contributed by atoms with van der Waals surface area (Å²) >= 11 is 0. The third kappa shape index (κ3) is 1.91. The van der Waals surface area contributed by atoms with Crippen molar-refractivity contribution in [3.05, 3.63) is 83.6 Å². The molecule has 1 aliphatic heterocycles. The summed E-state index contributed by atoms with van der Waals surface area (Å²) < 4.78 is 0. The SMILES string of the molecule is NC(=O)C1=CC(c2ccccc2)(c2ccccc2)N=N1. The second kappa shape index (κ2) is 4.74. The number of rotatable bonds is 3. The predicted octanol–water partition coefficient (Wildman–Crippen LogP) is 2.77. The van der Waals surface area contributed by atoms with Crippen LogP contribution >= 0.6 is 0 Å². The van der Waals surface area contributed by atoms with Crippen LogP contribution < -0.4 is 5.73 Å². The summed E-state index contributed by atoms with van der Waals surface area (Å²) in [5.41, 5.74) is 6.64. The second-order valence-electron chi connectivity index (χ2n) is 4.59. The minimum atomic E-state index is -0.771. The Bertz CT molecular complexity index is 651. The number of nitrogens with two attached hydrogens (primary N) is 1. The van der Waals surface area contributed by atoms with E-state index in [9.17, 15) is 4.79 Å². The molecule has 1 heterocycles. The molecule has 4 nitrogen and oxygen atoms in total. The van der Waals surface area contributed by atoms with Crippen LogP contribution in [0.2, 0.25) is 0 Å². The van der Waals surface area contributed by atoms with Gasteiger partial charge in [-0.1, -0.05) is 60.7 Å². The Morgan fingerprint density at radius 1 is 0.900 bits per heavy atom. The van der Waals surface area contributed by atoms with Gasteiger partial charge in [-0.3, -0.25) is 4.79 Å². The molecule has 0 fully saturated rings. The Labute approximate surface area is 116 Å². The number of carbonyl (C=O) groups excluding carboxylic acids is 1. The summed E-state index contributed by atoms with van der Waals surface area (Å²) in [7, 11) is 0. The van der Waals surface area contributed by atoms with Crippen molar-refractivity contribution < 1.29 is 4.79 Å². The first-order valence-corrected chi connectivity index (χ1v) is 6.29. The van der Waals surface area contributed by atoms with E-state index in [1.54, 1.807) is 6.08 Å². The molecule has 3 rings (SSSR count). The summed E-state index contributed by atoms with van der Waals surface area (Å²) in [5, 5.41) is 8.30. The molecule has 0 aromatic heterocycles. The van der Waals surface area contributed by atoms with Gasteiger partial charge in [0.15, 0.2) is 5.54 Å². The van der Waals surface area contributed by atoms with Crippen LogP contribution in [0.1, 0.15) is 11.1 Å². The minimum absolute atomic E-state index is 0.192. The fraction of sp³-hybridized carbons (Fsp3) is 0.0625. The Balaban J connectivity index is 2.21. The number of hydrogen-bond donors (Lipinski definition) is 1. The maximum absolute atomic E-state index is 11.4. The van der Waals surface area contributed by atoms with Gasteiger partial charge < -0.3 is 5.73 Å². The largest absolute Gasteiger partial charge is 0.364 e. The zero-order valence-electron chi connectivity index (χ0n) is 10.7. The highest BCUT2D eigenvalue weighted by Crippen LogP contribution is 2.40. The number of hydrogen-bond acceptors (Lipinski definition) is 3. The number of carbonyl (C=O) groups is 1. The van der Waals surface area contributed by atoms with Gasteiger partial charge >= 0.3 is 0 Å². The quantitative estimate of drug-likeness (QED) is 0.909. The third-order valence-electron chi connectivity index (χ3n) is 3.34. The Morgan fingerprint density at radius 3 is 1.80 bits per heavy atom. The molecule has 2 aromatic rings. The van der Waals surface area contributed by atoms with Gasteiger partial charge in [0.2, 0.25) is 0 Å². The van der Waals surface area contributed by atoms with E-state index in [2.05, 4.69) is 10.2 Å². The van der Waals surface area contributed by atoms with Gasteiger partial charge in [0.25, 0.3) is 5.91 Å². The molecule has 0 spiro atoms. The molecular formula is C16H13N3O. The molecular weight excluding hydrogens is 250 g/mol. The van der Waals surface area contributed by atoms with Crippen LogP contribution in [0.3, 0.4) is 0 Å². The van der Waals surface area contributed by atoms with Crippen LogP contribution in [0.15, 0.2) is 82.7 Å². The third-order valence-corrected chi connectivity index (χ3v) is 3.34. The lowest BCUT2D eigenvalue weighted by atomic mass is 9.83. The van der Waals surface area contributed by atoms with Crippen LogP contribution in [0, 0.1) is 0 Å². The van der Waals surface area contributed by atoms with Crippen molar-refractivity contribution in [1.82, 2.24) is 0 Å². The van der Waals surface area contributed by atoms with Gasteiger partial charge in [-0.05, 0) is 17.2 Å². The summed E-state index contributed by atoms with van der Waals surface area (Å²) in [4.78, 5) is 11.4. The topological polar surface area (TPSA) is 67.8 Å². The molecule has 4 heteroatoms. The standard InChI is InChI=1S/C16H13N3O/c17-15(20)14-11-16(19-18-14,12-7-3-1-4-8-12)13-9-5-2-6-10-13/h1-11H,(H2,17,20). The summed E-state index contributed by atoms with van der Waals surface area (Å²) in [6.45, 7) is 0. The van der Waals surface area contributed by atoms with Crippen LogP contribution in [-0.4, -0.2) is 5.91 Å². The maximum Gasteiger partial charge on any atom is 0.268 e. The smallest absolute Gasteiger partial charge is 0.268 e. The number of benzene rings is 2. The summed E-state index contributed by atoms with van der Waals surface area (Å²) in [6, 6.07) is 19.5. The van der Waals surface area contributed by atoms with E-state index in [0.29, 0.717) is 0 Å². The highest BCUT2D eigenvalue weighted by Gasteiger charge is 2.37. The van der Waals surface area contributed by atoms with Gasteiger partial charge in [-0.2, -0.15) is 5.11 Å². The van der Waals surface area contributed by atoms with Crippen molar-refractivity contribution in [2.75, 3.05) is 0 Å². The molecule has 0 bridgehead atoms. The van der Waals surface area contributed by atoms with Gasteiger partial charge in [0.1, 0.15) is 5.70 Å². The number of nitrogens with zero attached hydrogens (tertiary/aromatic N) is 2. The van der Waals surface area contributed by atoms with Crippen molar-refractivity contribution in [3.8, 4) is 0 Å². The number of azo groups is 1. The van der Waals surface area contributed by atoms with Crippen molar-refractivity contribution in [1.29, 1.82) is 0 Å². The fourth-order valence-electron chi connectivity index (χ4n) is 2.34. The molecule has 2 N–H and O–H groups in total. The molecule has 0 saturated carbocycles. The lowest BCUT2D eigenvalue weighted by molar-refractivity contribution is -0.114. The highest BCUT2D eigenvalue weighted by molar-refractivity contribution is 5.92. The van der Waals surface area contributed by atoms with Crippen molar-refractivity contribution in [2.24, 2.45) is 16.0 Å². The highest BCUT2D eigenvalue weighted by atomic mass is 16.1. The van der Waals surface area contributed by atoms with Crippen LogP contribution in [0.5, 0.6) is 0 Å². The zero-order valence-corrected chi connectivity index (χ0v) is 10.7. The molecule has 98 valence electrons. The molecule has 0 unspecified atom stereocenters. The molecule has 2 aromatic carbocycles. The number of primary amides is 1. The van der Waals surface area contributed by atoms with E-state index in [0.717, 1.165) is 11.1 Å². The van der Waals surface area contributed by atoms with E-state index in [-0.39, 0.29) is 5.70 Å². The zero-order chi connectivity index (χ0) is 14.0. The Morgan fingerprint density at radius 2 is 1.40 bits per heavy atom. The molecule has 0 aliphatic carbocycles. The molecule has 0 saturated heterocycles. The first-order chi connectivity index (χ1) is 9.72. The van der Waals surface area contributed by atoms with E-state index < -0.39 is 11.4 Å². The summed E-state index contributed by atoms with van der Waals surface area (Å²) in [5.74, 6) is -0.567. The van der Waals surface area contributed by atoms with Gasteiger partial charge in [0, 0.05) is 0 Å². The predicted molar refractivity (Wildman–Crippen MR) is 75.8 cm³/mol. The fourth-order valence-corrected chi connectivity index (χ4v) is 2.34. The molecule has 1 aliphatic rings. The molecule has 20 heavy (non-hydrogen) atoms. The van der Waals surface area contributed by atoms with Gasteiger partial charge in [-0.25, -0.2) is 0 Å². The van der Waals surface area contributed by atoms with E-state index in [1.807, 2.05) is 60.7 Å². The monoisotopic (exact) mass is 263 g/mol. The van der Waals surface area contributed by atoms with E-state index in [1.165, 1.54) is 0 Å². The molecule has 1 amide bonds. The second-order valence-corrected chi connectivity index (χ2v) is 4.59. The minimum Gasteiger partial charge on any atom is -0.364 e. The van der Waals surface area contributed by atoms with Crippen molar-refractivity contribution in [3.63, 3.8) is 0 Å². The molecule has 0 atom stereocenters. The summed E-state index contributed by atoms with van der Waals surface area (Å²) in [6.07, 6.45) is 1.72. The average Bonchev–Trinajstić information content (AvgIpc) is 2.96.